The second kappa shape index (κ2) is 4.83. The first-order valence-corrected chi connectivity index (χ1v) is 4.99. The van der Waals surface area contributed by atoms with Crippen LogP contribution in [-0.2, 0) is 9.53 Å². The number of hydrogen-bond acceptors (Lipinski definition) is 2. The number of ketones is 1. The first-order chi connectivity index (χ1) is 5.76. The standard InChI is InChI=1S/C9H15ClO2/c1-2-12-9-4-7(5-9)3-8(11)6-10/h7,9H,2-6H2,1H3. The highest BCUT2D eigenvalue weighted by molar-refractivity contribution is 6.27. The number of rotatable bonds is 5. The van der Waals surface area contributed by atoms with E-state index in [1.54, 1.807) is 0 Å². The van der Waals surface area contributed by atoms with Gasteiger partial charge in [-0.2, -0.15) is 0 Å². The van der Waals surface area contributed by atoms with Crippen LogP contribution in [0.1, 0.15) is 26.2 Å². The molecule has 0 unspecified atom stereocenters. The minimum absolute atomic E-state index is 0.163. The summed E-state index contributed by atoms with van der Waals surface area (Å²) in [6, 6.07) is 0. The SMILES string of the molecule is CCOC1CC(CC(=O)CCl)C1. The Morgan fingerprint density at radius 3 is 2.75 bits per heavy atom. The molecule has 0 bridgehead atoms. The molecule has 1 fully saturated rings. The molecule has 1 saturated carbocycles. The van der Waals surface area contributed by atoms with Crippen LogP contribution in [0, 0.1) is 5.92 Å². The number of alkyl halides is 1. The summed E-state index contributed by atoms with van der Waals surface area (Å²) in [6.45, 7) is 2.78. The number of carbonyl (C=O) groups is 1. The van der Waals surface area contributed by atoms with E-state index in [2.05, 4.69) is 0 Å². The predicted molar refractivity (Wildman–Crippen MR) is 48.5 cm³/mol. The van der Waals surface area contributed by atoms with Gasteiger partial charge in [-0.15, -0.1) is 11.6 Å². The van der Waals surface area contributed by atoms with E-state index in [1.165, 1.54) is 0 Å². The monoisotopic (exact) mass is 190 g/mol. The highest BCUT2D eigenvalue weighted by Gasteiger charge is 2.30. The number of halogens is 1. The Hall–Kier alpha value is -0.0800. The smallest absolute Gasteiger partial charge is 0.147 e. The van der Waals surface area contributed by atoms with Crippen LogP contribution >= 0.6 is 11.6 Å². The average molecular weight is 191 g/mol. The number of carbonyl (C=O) groups excluding carboxylic acids is 1. The van der Waals surface area contributed by atoms with Crippen LogP contribution < -0.4 is 0 Å². The molecule has 70 valence electrons. The molecule has 1 aliphatic carbocycles. The summed E-state index contributed by atoms with van der Waals surface area (Å²) in [5.41, 5.74) is 0. The van der Waals surface area contributed by atoms with Crippen molar-refractivity contribution in [2.45, 2.75) is 32.3 Å². The molecule has 3 heteroatoms. The summed E-state index contributed by atoms with van der Waals surface area (Å²) in [5.74, 6) is 0.861. The molecule has 0 aromatic carbocycles. The Balaban J connectivity index is 2.05. The zero-order chi connectivity index (χ0) is 8.97. The third-order valence-corrected chi connectivity index (χ3v) is 2.56. The van der Waals surface area contributed by atoms with E-state index >= 15 is 0 Å². The molecular weight excluding hydrogens is 176 g/mol. The largest absolute Gasteiger partial charge is 0.378 e. The fourth-order valence-corrected chi connectivity index (χ4v) is 1.70. The molecule has 0 heterocycles. The van der Waals surface area contributed by atoms with Crippen molar-refractivity contribution in [1.82, 2.24) is 0 Å². The predicted octanol–water partition coefficient (Wildman–Crippen LogP) is 2.00. The van der Waals surface area contributed by atoms with Crippen molar-refractivity contribution in [2.24, 2.45) is 5.92 Å². The lowest BCUT2D eigenvalue weighted by molar-refractivity contribution is -0.119. The molecule has 0 atom stereocenters. The molecule has 0 spiro atoms. The first kappa shape index (κ1) is 10.0. The van der Waals surface area contributed by atoms with Crippen LogP contribution in [0.2, 0.25) is 0 Å². The van der Waals surface area contributed by atoms with Crippen molar-refractivity contribution in [2.75, 3.05) is 12.5 Å². The molecule has 2 nitrogen and oxygen atoms in total. The van der Waals surface area contributed by atoms with Gasteiger partial charge in [0.05, 0.1) is 12.0 Å². The van der Waals surface area contributed by atoms with Gasteiger partial charge in [0, 0.05) is 13.0 Å². The fourth-order valence-electron chi connectivity index (χ4n) is 1.59. The van der Waals surface area contributed by atoms with E-state index in [1.807, 2.05) is 6.92 Å². The van der Waals surface area contributed by atoms with E-state index in [9.17, 15) is 4.79 Å². The lowest BCUT2D eigenvalue weighted by atomic mass is 9.79. The van der Waals surface area contributed by atoms with Gasteiger partial charge in [-0.05, 0) is 25.7 Å². The van der Waals surface area contributed by atoms with E-state index < -0.39 is 0 Å². The highest BCUT2D eigenvalue weighted by Crippen LogP contribution is 2.32. The summed E-state index contributed by atoms with van der Waals surface area (Å²) in [6.07, 6.45) is 3.13. The molecule has 1 rings (SSSR count). The van der Waals surface area contributed by atoms with Crippen molar-refractivity contribution in [3.8, 4) is 0 Å². The van der Waals surface area contributed by atoms with Gasteiger partial charge in [0.1, 0.15) is 5.78 Å². The van der Waals surface area contributed by atoms with Crippen molar-refractivity contribution < 1.29 is 9.53 Å². The molecular formula is C9H15ClO2. The van der Waals surface area contributed by atoms with E-state index in [0.29, 0.717) is 18.4 Å². The van der Waals surface area contributed by atoms with Gasteiger partial charge >= 0.3 is 0 Å². The molecule has 0 aromatic rings. The van der Waals surface area contributed by atoms with Crippen LogP contribution in [0.4, 0.5) is 0 Å². The maximum Gasteiger partial charge on any atom is 0.147 e. The molecule has 1 aliphatic rings. The Bertz CT molecular complexity index is 153. The van der Waals surface area contributed by atoms with Gasteiger partial charge < -0.3 is 4.74 Å². The molecule has 0 saturated heterocycles. The lowest BCUT2D eigenvalue weighted by Crippen LogP contribution is -2.32. The van der Waals surface area contributed by atoms with Gasteiger partial charge in [0.2, 0.25) is 0 Å². The molecule has 12 heavy (non-hydrogen) atoms. The lowest BCUT2D eigenvalue weighted by Gasteiger charge is -2.34. The molecule has 0 aromatic heterocycles. The van der Waals surface area contributed by atoms with Gasteiger partial charge in [-0.3, -0.25) is 4.79 Å². The van der Waals surface area contributed by atoms with Crippen LogP contribution in [0.3, 0.4) is 0 Å². The van der Waals surface area contributed by atoms with Crippen molar-refractivity contribution >= 4 is 17.4 Å². The zero-order valence-electron chi connectivity index (χ0n) is 7.38. The molecule has 0 aliphatic heterocycles. The first-order valence-electron chi connectivity index (χ1n) is 4.45. The van der Waals surface area contributed by atoms with Gasteiger partial charge in [0.25, 0.3) is 0 Å². The number of Topliss-reactive ketones (excluding diaryl/α,β-unsaturated/α-hetero) is 1. The Labute approximate surface area is 78.2 Å². The van der Waals surface area contributed by atoms with Crippen molar-refractivity contribution in [1.29, 1.82) is 0 Å². The van der Waals surface area contributed by atoms with Gasteiger partial charge in [-0.25, -0.2) is 0 Å². The second-order valence-electron chi connectivity index (χ2n) is 3.29. The summed E-state index contributed by atoms with van der Waals surface area (Å²) < 4.78 is 5.38. The number of hydrogen-bond donors (Lipinski definition) is 0. The zero-order valence-corrected chi connectivity index (χ0v) is 8.14. The summed E-state index contributed by atoms with van der Waals surface area (Å²) in [5, 5.41) is 0. The van der Waals surface area contributed by atoms with E-state index in [0.717, 1.165) is 19.4 Å². The molecule has 0 radical (unpaired) electrons. The van der Waals surface area contributed by atoms with Gasteiger partial charge in [0.15, 0.2) is 0 Å². The Kier molecular flexibility index (Phi) is 4.02. The Morgan fingerprint density at radius 2 is 2.25 bits per heavy atom. The maximum absolute atomic E-state index is 10.9. The third-order valence-electron chi connectivity index (χ3n) is 2.26. The highest BCUT2D eigenvalue weighted by atomic mass is 35.5. The van der Waals surface area contributed by atoms with Gasteiger partial charge in [-0.1, -0.05) is 0 Å². The van der Waals surface area contributed by atoms with E-state index in [-0.39, 0.29) is 11.7 Å². The topological polar surface area (TPSA) is 26.3 Å². The van der Waals surface area contributed by atoms with Crippen molar-refractivity contribution in [3.63, 3.8) is 0 Å². The van der Waals surface area contributed by atoms with Crippen LogP contribution in [-0.4, -0.2) is 24.4 Å². The van der Waals surface area contributed by atoms with Crippen molar-refractivity contribution in [3.05, 3.63) is 0 Å². The Morgan fingerprint density at radius 1 is 1.58 bits per heavy atom. The second-order valence-corrected chi connectivity index (χ2v) is 3.56. The van der Waals surface area contributed by atoms with Crippen LogP contribution in [0.25, 0.3) is 0 Å². The average Bonchev–Trinajstić information content (AvgIpc) is 2.00. The summed E-state index contributed by atoms with van der Waals surface area (Å²) in [4.78, 5) is 10.9. The quantitative estimate of drug-likeness (QED) is 0.620. The number of ether oxygens (including phenoxy) is 1. The molecule has 0 N–H and O–H groups in total. The molecule has 0 amide bonds. The minimum atomic E-state index is 0.163. The third kappa shape index (κ3) is 2.76. The fraction of sp³-hybridized carbons (Fsp3) is 0.889. The normalized spacial score (nSPS) is 28.2. The van der Waals surface area contributed by atoms with E-state index in [4.69, 9.17) is 16.3 Å². The summed E-state index contributed by atoms with van der Waals surface area (Å²) >= 11 is 5.39. The minimum Gasteiger partial charge on any atom is -0.378 e. The maximum atomic E-state index is 10.9. The summed E-state index contributed by atoms with van der Waals surface area (Å²) in [7, 11) is 0. The van der Waals surface area contributed by atoms with Crippen LogP contribution in [0.5, 0.6) is 0 Å². The van der Waals surface area contributed by atoms with Crippen LogP contribution in [0.15, 0.2) is 0 Å².